The van der Waals surface area contributed by atoms with E-state index in [1.165, 1.54) is 0 Å². The van der Waals surface area contributed by atoms with Crippen LogP contribution in [0.5, 0.6) is 0 Å². The number of aromatic nitrogens is 1. The zero-order valence-electron chi connectivity index (χ0n) is 13.2. The van der Waals surface area contributed by atoms with E-state index < -0.39 is 0 Å². The van der Waals surface area contributed by atoms with Crippen LogP contribution in [0.2, 0.25) is 0 Å². The van der Waals surface area contributed by atoms with Gasteiger partial charge in [-0.3, -0.25) is 9.78 Å². The van der Waals surface area contributed by atoms with E-state index in [2.05, 4.69) is 34.4 Å². The summed E-state index contributed by atoms with van der Waals surface area (Å²) < 4.78 is 5.76. The lowest BCUT2D eigenvalue weighted by Gasteiger charge is -2.37. The minimum absolute atomic E-state index is 0.159. The quantitative estimate of drug-likeness (QED) is 0.803. The highest BCUT2D eigenvalue weighted by Crippen LogP contribution is 2.25. The number of carbonyl (C=O) groups excluding carboxylic acids is 1. The summed E-state index contributed by atoms with van der Waals surface area (Å²) in [7, 11) is 0. The Morgan fingerprint density at radius 1 is 1.32 bits per heavy atom. The lowest BCUT2D eigenvalue weighted by molar-refractivity contribution is -0.00527. The van der Waals surface area contributed by atoms with Gasteiger partial charge in [0, 0.05) is 38.3 Å². The third-order valence-electron chi connectivity index (χ3n) is 4.22. The van der Waals surface area contributed by atoms with E-state index in [9.17, 15) is 4.79 Å². The van der Waals surface area contributed by atoms with Gasteiger partial charge in [0.15, 0.2) is 6.29 Å². The van der Waals surface area contributed by atoms with Gasteiger partial charge in [-0.05, 0) is 19.9 Å². The Labute approximate surface area is 131 Å². The SMILES string of the molecule is C[C@@H]1CN(c2cnc(C3CNCCN3)cc2C=O)C[C@H](C)O1. The molecule has 0 aromatic carbocycles. The van der Waals surface area contributed by atoms with Crippen molar-refractivity contribution < 1.29 is 9.53 Å². The number of pyridine rings is 1. The monoisotopic (exact) mass is 304 g/mol. The molecular formula is C16H24N4O2. The number of nitrogens with zero attached hydrogens (tertiary/aromatic N) is 2. The standard InChI is InChI=1S/C16H24N4O2/c1-11-8-20(9-12(2)22-11)16-7-19-14(5-13(16)10-21)15-6-17-3-4-18-15/h5,7,10-12,15,17-18H,3-4,6,8-9H2,1-2H3/t11-,12+,15?. The molecule has 3 atom stereocenters. The van der Waals surface area contributed by atoms with Gasteiger partial charge in [0.25, 0.3) is 0 Å². The molecule has 6 nitrogen and oxygen atoms in total. The van der Waals surface area contributed by atoms with Crippen LogP contribution in [0, 0.1) is 0 Å². The Morgan fingerprint density at radius 2 is 2.09 bits per heavy atom. The number of hydrogen-bond acceptors (Lipinski definition) is 6. The summed E-state index contributed by atoms with van der Waals surface area (Å²) in [6.45, 7) is 8.42. The van der Waals surface area contributed by atoms with Crippen molar-refractivity contribution in [3.8, 4) is 0 Å². The van der Waals surface area contributed by atoms with Crippen molar-refractivity contribution in [2.24, 2.45) is 0 Å². The van der Waals surface area contributed by atoms with E-state index in [-0.39, 0.29) is 18.2 Å². The minimum atomic E-state index is 0.159. The second-order valence-electron chi connectivity index (χ2n) is 6.16. The van der Waals surface area contributed by atoms with Gasteiger partial charge in [-0.2, -0.15) is 0 Å². The summed E-state index contributed by atoms with van der Waals surface area (Å²) >= 11 is 0. The number of carbonyl (C=O) groups is 1. The molecule has 0 spiro atoms. The molecule has 2 fully saturated rings. The molecule has 0 saturated carbocycles. The van der Waals surface area contributed by atoms with Gasteiger partial charge in [-0.1, -0.05) is 0 Å². The van der Waals surface area contributed by atoms with Gasteiger partial charge in [0.2, 0.25) is 0 Å². The van der Waals surface area contributed by atoms with Crippen LogP contribution >= 0.6 is 0 Å². The van der Waals surface area contributed by atoms with Crippen LogP contribution in [0.3, 0.4) is 0 Å². The summed E-state index contributed by atoms with van der Waals surface area (Å²) in [5.74, 6) is 0. The Kier molecular flexibility index (Phi) is 4.71. The van der Waals surface area contributed by atoms with Crippen LogP contribution in [-0.4, -0.2) is 56.2 Å². The smallest absolute Gasteiger partial charge is 0.152 e. The van der Waals surface area contributed by atoms with Gasteiger partial charge >= 0.3 is 0 Å². The predicted molar refractivity (Wildman–Crippen MR) is 85.5 cm³/mol. The topological polar surface area (TPSA) is 66.5 Å². The van der Waals surface area contributed by atoms with E-state index in [0.29, 0.717) is 5.56 Å². The van der Waals surface area contributed by atoms with E-state index in [1.807, 2.05) is 12.3 Å². The average Bonchev–Trinajstić information content (AvgIpc) is 2.54. The first-order valence-corrected chi connectivity index (χ1v) is 7.97. The number of anilines is 1. The Hall–Kier alpha value is -1.50. The number of aldehydes is 1. The molecule has 22 heavy (non-hydrogen) atoms. The maximum Gasteiger partial charge on any atom is 0.152 e. The molecule has 2 N–H and O–H groups in total. The first-order valence-electron chi connectivity index (χ1n) is 7.97. The summed E-state index contributed by atoms with van der Waals surface area (Å²) in [4.78, 5) is 18.3. The summed E-state index contributed by atoms with van der Waals surface area (Å²) in [6.07, 6.45) is 3.08. The van der Waals surface area contributed by atoms with E-state index in [4.69, 9.17) is 4.74 Å². The number of piperazine rings is 1. The van der Waals surface area contributed by atoms with Crippen LogP contribution in [0.4, 0.5) is 5.69 Å². The molecule has 3 rings (SSSR count). The van der Waals surface area contributed by atoms with Crippen LogP contribution in [0.15, 0.2) is 12.3 Å². The largest absolute Gasteiger partial charge is 0.372 e. The Balaban J connectivity index is 1.84. The third-order valence-corrected chi connectivity index (χ3v) is 4.22. The summed E-state index contributed by atoms with van der Waals surface area (Å²) in [5, 5.41) is 6.77. The van der Waals surface area contributed by atoms with Crippen molar-refractivity contribution in [3.63, 3.8) is 0 Å². The molecule has 2 saturated heterocycles. The Morgan fingerprint density at radius 3 is 2.73 bits per heavy atom. The first-order chi connectivity index (χ1) is 10.7. The van der Waals surface area contributed by atoms with Crippen molar-refractivity contribution in [1.29, 1.82) is 0 Å². The van der Waals surface area contributed by atoms with Crippen molar-refractivity contribution in [3.05, 3.63) is 23.5 Å². The lowest BCUT2D eigenvalue weighted by atomic mass is 10.1. The van der Waals surface area contributed by atoms with Crippen molar-refractivity contribution >= 4 is 12.0 Å². The van der Waals surface area contributed by atoms with E-state index >= 15 is 0 Å². The fourth-order valence-corrected chi connectivity index (χ4v) is 3.27. The lowest BCUT2D eigenvalue weighted by Crippen LogP contribution is -2.46. The zero-order valence-corrected chi connectivity index (χ0v) is 13.2. The fraction of sp³-hybridized carbons (Fsp3) is 0.625. The number of rotatable bonds is 3. The average molecular weight is 304 g/mol. The molecule has 1 aromatic heterocycles. The highest BCUT2D eigenvalue weighted by molar-refractivity contribution is 5.84. The second-order valence-corrected chi connectivity index (χ2v) is 6.16. The number of ether oxygens (including phenoxy) is 1. The fourth-order valence-electron chi connectivity index (χ4n) is 3.27. The number of morpholine rings is 1. The molecule has 0 aliphatic carbocycles. The van der Waals surface area contributed by atoms with Crippen molar-refractivity contribution in [1.82, 2.24) is 15.6 Å². The molecular weight excluding hydrogens is 280 g/mol. The maximum atomic E-state index is 11.5. The van der Waals surface area contributed by atoms with Crippen LogP contribution in [-0.2, 0) is 4.74 Å². The van der Waals surface area contributed by atoms with Crippen molar-refractivity contribution in [2.75, 3.05) is 37.6 Å². The molecule has 1 aromatic rings. The molecule has 1 unspecified atom stereocenters. The van der Waals surface area contributed by atoms with Gasteiger partial charge < -0.3 is 20.3 Å². The molecule has 0 radical (unpaired) electrons. The predicted octanol–water partition coefficient (Wildman–Crippen LogP) is 0.742. The van der Waals surface area contributed by atoms with Gasteiger partial charge in [-0.15, -0.1) is 0 Å². The summed E-state index contributed by atoms with van der Waals surface area (Å²) in [5.41, 5.74) is 2.54. The second kappa shape index (κ2) is 6.73. The van der Waals surface area contributed by atoms with Gasteiger partial charge in [0.05, 0.1) is 35.8 Å². The van der Waals surface area contributed by atoms with E-state index in [0.717, 1.165) is 50.4 Å². The van der Waals surface area contributed by atoms with Crippen LogP contribution < -0.4 is 15.5 Å². The van der Waals surface area contributed by atoms with Crippen LogP contribution in [0.1, 0.15) is 35.9 Å². The van der Waals surface area contributed by atoms with Gasteiger partial charge in [-0.25, -0.2) is 0 Å². The molecule has 2 aliphatic rings. The molecule has 3 heterocycles. The first kappa shape index (κ1) is 15.4. The minimum Gasteiger partial charge on any atom is -0.372 e. The molecule has 6 heteroatoms. The molecule has 0 amide bonds. The number of hydrogen-bond donors (Lipinski definition) is 2. The number of nitrogens with one attached hydrogen (secondary N) is 2. The highest BCUT2D eigenvalue weighted by Gasteiger charge is 2.25. The Bertz CT molecular complexity index is 521. The van der Waals surface area contributed by atoms with E-state index in [1.54, 1.807) is 0 Å². The molecule has 120 valence electrons. The molecule has 0 bridgehead atoms. The van der Waals surface area contributed by atoms with Crippen LogP contribution in [0.25, 0.3) is 0 Å². The highest BCUT2D eigenvalue weighted by atomic mass is 16.5. The molecule has 2 aliphatic heterocycles. The zero-order chi connectivity index (χ0) is 15.5. The van der Waals surface area contributed by atoms with Crippen molar-refractivity contribution in [2.45, 2.75) is 32.1 Å². The third kappa shape index (κ3) is 3.29. The summed E-state index contributed by atoms with van der Waals surface area (Å²) in [6, 6.07) is 2.08. The maximum absolute atomic E-state index is 11.5. The normalized spacial score (nSPS) is 29.4. The van der Waals surface area contributed by atoms with Gasteiger partial charge in [0.1, 0.15) is 0 Å².